The van der Waals surface area contributed by atoms with Gasteiger partial charge in [0.2, 0.25) is 0 Å². The van der Waals surface area contributed by atoms with Crippen molar-refractivity contribution in [1.29, 1.82) is 5.41 Å². The Labute approximate surface area is 118 Å². The van der Waals surface area contributed by atoms with Gasteiger partial charge in [-0.1, -0.05) is 6.07 Å². The van der Waals surface area contributed by atoms with Crippen LogP contribution in [-0.4, -0.2) is 34.5 Å². The van der Waals surface area contributed by atoms with Gasteiger partial charge < -0.3 is 10.8 Å². The van der Waals surface area contributed by atoms with Gasteiger partial charge in [-0.15, -0.1) is 0 Å². The number of nitrogen functional groups attached to an aromatic ring is 1. The van der Waals surface area contributed by atoms with Gasteiger partial charge in [-0.05, 0) is 50.4 Å². The Morgan fingerprint density at radius 2 is 2.20 bits per heavy atom. The highest BCUT2D eigenvalue weighted by atomic mass is 19.1. The molecular weight excluding hydrogens is 257 g/mol. The van der Waals surface area contributed by atoms with Crippen LogP contribution in [0.15, 0.2) is 18.2 Å². The van der Waals surface area contributed by atoms with Crippen LogP contribution < -0.4 is 5.73 Å². The molecule has 110 valence electrons. The molecule has 1 unspecified atom stereocenters. The van der Waals surface area contributed by atoms with Crippen LogP contribution in [0.25, 0.3) is 0 Å². The third-order valence-corrected chi connectivity index (χ3v) is 3.91. The number of hydrogen-bond acceptors (Lipinski definition) is 3. The lowest BCUT2D eigenvalue weighted by Crippen LogP contribution is -2.29. The van der Waals surface area contributed by atoms with E-state index >= 15 is 0 Å². The van der Waals surface area contributed by atoms with Gasteiger partial charge in [0, 0.05) is 18.7 Å². The third kappa shape index (κ3) is 3.77. The molecule has 1 saturated heterocycles. The van der Waals surface area contributed by atoms with E-state index in [1.54, 1.807) is 6.07 Å². The van der Waals surface area contributed by atoms with Gasteiger partial charge >= 0.3 is 0 Å². The number of nitrogens with one attached hydrogen (secondary N) is 1. The Morgan fingerprint density at radius 3 is 2.90 bits per heavy atom. The number of aliphatic hydroxyl groups is 1. The molecule has 0 aliphatic carbocycles. The standard InChI is InChI=1S/C15H22FN3O/c1-15(20)5-2-7-19(8-6-15)10-11-3-4-12(16)9-13(11)14(17)18/h3-4,9,20H,2,5-8,10H2,1H3,(H3,17,18). The summed E-state index contributed by atoms with van der Waals surface area (Å²) in [6.45, 7) is 4.19. The minimum absolute atomic E-state index is 0.110. The molecule has 1 fully saturated rings. The van der Waals surface area contributed by atoms with Crippen LogP contribution >= 0.6 is 0 Å². The quantitative estimate of drug-likeness (QED) is 0.584. The minimum atomic E-state index is -0.596. The molecular formula is C15H22FN3O. The number of hydrogen-bond donors (Lipinski definition) is 3. The number of halogens is 1. The highest BCUT2D eigenvalue weighted by molar-refractivity contribution is 5.96. The van der Waals surface area contributed by atoms with Gasteiger partial charge in [-0.3, -0.25) is 10.3 Å². The molecule has 1 aromatic rings. The molecule has 0 spiro atoms. The molecule has 1 atom stereocenters. The summed E-state index contributed by atoms with van der Waals surface area (Å²) in [4.78, 5) is 2.22. The van der Waals surface area contributed by atoms with Crippen LogP contribution in [0.3, 0.4) is 0 Å². The third-order valence-electron chi connectivity index (χ3n) is 3.91. The zero-order chi connectivity index (χ0) is 14.8. The van der Waals surface area contributed by atoms with Crippen LogP contribution in [0.4, 0.5) is 4.39 Å². The normalized spacial score (nSPS) is 24.4. The molecule has 1 aromatic carbocycles. The van der Waals surface area contributed by atoms with Crippen LogP contribution in [0.5, 0.6) is 0 Å². The maximum absolute atomic E-state index is 13.3. The molecule has 0 saturated carbocycles. The lowest BCUT2D eigenvalue weighted by atomic mass is 9.98. The van der Waals surface area contributed by atoms with Crippen molar-refractivity contribution < 1.29 is 9.50 Å². The summed E-state index contributed by atoms with van der Waals surface area (Å²) in [7, 11) is 0. The van der Waals surface area contributed by atoms with Gasteiger partial charge in [0.05, 0.1) is 5.60 Å². The minimum Gasteiger partial charge on any atom is -0.390 e. The van der Waals surface area contributed by atoms with Gasteiger partial charge in [-0.25, -0.2) is 4.39 Å². The number of likely N-dealkylation sites (tertiary alicyclic amines) is 1. The summed E-state index contributed by atoms with van der Waals surface area (Å²) in [6.07, 6.45) is 2.46. The number of nitrogens with two attached hydrogens (primary N) is 1. The predicted molar refractivity (Wildman–Crippen MR) is 77.2 cm³/mol. The molecule has 5 heteroatoms. The second-order valence-corrected chi connectivity index (χ2v) is 5.84. The van der Waals surface area contributed by atoms with Crippen LogP contribution in [0, 0.1) is 11.2 Å². The van der Waals surface area contributed by atoms with Crippen molar-refractivity contribution in [3.05, 3.63) is 35.1 Å². The summed E-state index contributed by atoms with van der Waals surface area (Å²) >= 11 is 0. The van der Waals surface area contributed by atoms with E-state index < -0.39 is 5.60 Å². The summed E-state index contributed by atoms with van der Waals surface area (Å²) in [5.74, 6) is -0.487. The van der Waals surface area contributed by atoms with Gasteiger partial charge in [0.1, 0.15) is 11.7 Å². The fraction of sp³-hybridized carbons (Fsp3) is 0.533. The average molecular weight is 279 g/mol. The van der Waals surface area contributed by atoms with Gasteiger partial charge in [-0.2, -0.15) is 0 Å². The summed E-state index contributed by atoms with van der Waals surface area (Å²) in [5, 5.41) is 17.6. The fourth-order valence-corrected chi connectivity index (χ4v) is 2.66. The number of benzene rings is 1. The summed E-state index contributed by atoms with van der Waals surface area (Å²) in [5.41, 5.74) is 6.25. The first-order valence-electron chi connectivity index (χ1n) is 6.95. The highest BCUT2D eigenvalue weighted by Gasteiger charge is 2.25. The molecule has 1 aliphatic heterocycles. The first kappa shape index (κ1) is 14.9. The van der Waals surface area contributed by atoms with E-state index in [9.17, 15) is 9.50 Å². The molecule has 2 rings (SSSR count). The first-order chi connectivity index (χ1) is 9.37. The number of nitrogens with zero attached hydrogens (tertiary/aromatic N) is 1. The van der Waals surface area contributed by atoms with E-state index in [0.717, 1.165) is 37.9 Å². The van der Waals surface area contributed by atoms with E-state index in [4.69, 9.17) is 11.1 Å². The highest BCUT2D eigenvalue weighted by Crippen LogP contribution is 2.23. The fourth-order valence-electron chi connectivity index (χ4n) is 2.66. The molecule has 20 heavy (non-hydrogen) atoms. The van der Waals surface area contributed by atoms with Crippen LogP contribution in [-0.2, 0) is 6.54 Å². The van der Waals surface area contributed by atoms with E-state index in [1.165, 1.54) is 12.1 Å². The van der Waals surface area contributed by atoms with Crippen molar-refractivity contribution in [2.75, 3.05) is 13.1 Å². The molecule has 4 nitrogen and oxygen atoms in total. The van der Waals surface area contributed by atoms with Crippen molar-refractivity contribution >= 4 is 5.84 Å². The molecule has 0 radical (unpaired) electrons. The van der Waals surface area contributed by atoms with Crippen molar-refractivity contribution in [2.45, 2.75) is 38.3 Å². The largest absolute Gasteiger partial charge is 0.390 e. The van der Waals surface area contributed by atoms with Crippen molar-refractivity contribution in [3.63, 3.8) is 0 Å². The second-order valence-electron chi connectivity index (χ2n) is 5.84. The van der Waals surface area contributed by atoms with E-state index in [-0.39, 0.29) is 11.7 Å². The maximum Gasteiger partial charge on any atom is 0.123 e. The zero-order valence-corrected chi connectivity index (χ0v) is 11.8. The number of rotatable bonds is 3. The summed E-state index contributed by atoms with van der Waals surface area (Å²) in [6, 6.07) is 4.40. The van der Waals surface area contributed by atoms with E-state index in [2.05, 4.69) is 4.90 Å². The Morgan fingerprint density at radius 1 is 1.45 bits per heavy atom. The van der Waals surface area contributed by atoms with Crippen molar-refractivity contribution in [1.82, 2.24) is 4.90 Å². The number of amidine groups is 1. The SMILES string of the molecule is CC1(O)CCCN(Cc2ccc(F)cc2C(=N)N)CC1. The smallest absolute Gasteiger partial charge is 0.123 e. The Kier molecular flexibility index (Phi) is 4.40. The molecule has 1 heterocycles. The Balaban J connectivity index is 2.12. The summed E-state index contributed by atoms with van der Waals surface area (Å²) < 4.78 is 13.3. The molecule has 1 aliphatic rings. The molecule has 0 bridgehead atoms. The Bertz CT molecular complexity index is 502. The lowest BCUT2D eigenvalue weighted by Gasteiger charge is -2.23. The van der Waals surface area contributed by atoms with Gasteiger partial charge in [0.15, 0.2) is 0 Å². The maximum atomic E-state index is 13.3. The van der Waals surface area contributed by atoms with Crippen LogP contribution in [0.2, 0.25) is 0 Å². The molecule has 0 aromatic heterocycles. The second kappa shape index (κ2) is 5.89. The van der Waals surface area contributed by atoms with Gasteiger partial charge in [0.25, 0.3) is 0 Å². The Hall–Kier alpha value is -1.46. The lowest BCUT2D eigenvalue weighted by molar-refractivity contribution is 0.0444. The average Bonchev–Trinajstić information content (AvgIpc) is 2.53. The first-order valence-corrected chi connectivity index (χ1v) is 6.95. The molecule has 0 amide bonds. The van der Waals surface area contributed by atoms with Crippen LogP contribution in [0.1, 0.15) is 37.3 Å². The molecule has 4 N–H and O–H groups in total. The van der Waals surface area contributed by atoms with Crippen molar-refractivity contribution in [2.24, 2.45) is 5.73 Å². The monoisotopic (exact) mass is 279 g/mol. The van der Waals surface area contributed by atoms with E-state index in [1.807, 2.05) is 6.92 Å². The predicted octanol–water partition coefficient (Wildman–Crippen LogP) is 1.85. The topological polar surface area (TPSA) is 73.3 Å². The van der Waals surface area contributed by atoms with Crippen molar-refractivity contribution in [3.8, 4) is 0 Å². The van der Waals surface area contributed by atoms with E-state index in [0.29, 0.717) is 12.1 Å². The zero-order valence-electron chi connectivity index (χ0n) is 11.8.